The van der Waals surface area contributed by atoms with E-state index in [1.165, 1.54) is 0 Å². The molecule has 1 aliphatic heterocycles. The lowest BCUT2D eigenvalue weighted by molar-refractivity contribution is 0.0708. The third kappa shape index (κ3) is 3.26. The molecule has 144 valence electrons. The van der Waals surface area contributed by atoms with Crippen LogP contribution in [0.25, 0.3) is 11.0 Å². The fourth-order valence-electron chi connectivity index (χ4n) is 3.63. The Morgan fingerprint density at radius 3 is 2.79 bits per heavy atom. The molecule has 0 saturated heterocycles. The lowest BCUT2D eigenvalue weighted by atomic mass is 9.98. The van der Waals surface area contributed by atoms with Crippen molar-refractivity contribution >= 4 is 44.4 Å². The second kappa shape index (κ2) is 7.70. The molecule has 1 aliphatic rings. The van der Waals surface area contributed by atoms with Crippen molar-refractivity contribution in [2.75, 3.05) is 20.3 Å². The van der Waals surface area contributed by atoms with Gasteiger partial charge in [-0.1, -0.05) is 39.7 Å². The van der Waals surface area contributed by atoms with Gasteiger partial charge >= 0.3 is 0 Å². The molecule has 0 bridgehead atoms. The Morgan fingerprint density at radius 1 is 1.21 bits per heavy atom. The van der Waals surface area contributed by atoms with Gasteiger partial charge in [-0.05, 0) is 42.3 Å². The van der Waals surface area contributed by atoms with E-state index >= 15 is 0 Å². The van der Waals surface area contributed by atoms with E-state index in [-0.39, 0.29) is 17.1 Å². The van der Waals surface area contributed by atoms with E-state index in [1.54, 1.807) is 42.3 Å². The summed E-state index contributed by atoms with van der Waals surface area (Å²) >= 11 is 9.58. The Balaban J connectivity index is 1.93. The number of fused-ring (bicyclic) bond motifs is 2. The summed E-state index contributed by atoms with van der Waals surface area (Å²) in [5, 5.41) is 0.981. The molecule has 1 unspecified atom stereocenters. The SMILES string of the molecule is COCCCN1C(=O)c2oc3ccc(Br)cc3c(=O)c2C1c1cccc(Cl)c1. The molecule has 0 saturated carbocycles. The largest absolute Gasteiger partial charge is 0.450 e. The Bertz CT molecular complexity index is 1130. The molecule has 2 aromatic carbocycles. The molecule has 0 radical (unpaired) electrons. The van der Waals surface area contributed by atoms with Gasteiger partial charge in [0.05, 0.1) is 17.0 Å². The fourth-order valence-corrected chi connectivity index (χ4v) is 4.19. The molecule has 0 aliphatic carbocycles. The number of carbonyl (C=O) groups excluding carboxylic acids is 1. The Morgan fingerprint density at radius 2 is 2.04 bits per heavy atom. The number of methoxy groups -OCH3 is 1. The number of carbonyl (C=O) groups is 1. The van der Waals surface area contributed by atoms with Gasteiger partial charge in [0.1, 0.15) is 5.58 Å². The molecule has 1 aromatic heterocycles. The van der Waals surface area contributed by atoms with E-state index in [0.717, 1.165) is 10.0 Å². The summed E-state index contributed by atoms with van der Waals surface area (Å²) in [6, 6.07) is 11.9. The first kappa shape index (κ1) is 19.2. The van der Waals surface area contributed by atoms with Gasteiger partial charge in [-0.15, -0.1) is 0 Å². The number of halogens is 2. The van der Waals surface area contributed by atoms with Crippen molar-refractivity contribution < 1.29 is 13.9 Å². The highest BCUT2D eigenvalue weighted by Gasteiger charge is 2.42. The van der Waals surface area contributed by atoms with Crippen LogP contribution in [0, 0.1) is 0 Å². The summed E-state index contributed by atoms with van der Waals surface area (Å²) < 4.78 is 11.8. The van der Waals surface area contributed by atoms with Crippen molar-refractivity contribution in [2.24, 2.45) is 0 Å². The molecule has 3 aromatic rings. The molecular weight excluding hydrogens is 446 g/mol. The highest BCUT2D eigenvalue weighted by molar-refractivity contribution is 9.10. The number of hydrogen-bond acceptors (Lipinski definition) is 4. The Kier molecular flexibility index (Phi) is 5.27. The van der Waals surface area contributed by atoms with Crippen LogP contribution in [-0.4, -0.2) is 31.1 Å². The summed E-state index contributed by atoms with van der Waals surface area (Å²) in [5.41, 5.74) is 1.32. The van der Waals surface area contributed by atoms with Crippen molar-refractivity contribution in [1.82, 2.24) is 4.90 Å². The van der Waals surface area contributed by atoms with Gasteiger partial charge in [0.2, 0.25) is 5.76 Å². The number of hydrogen-bond donors (Lipinski definition) is 0. The van der Waals surface area contributed by atoms with Crippen LogP contribution in [0.3, 0.4) is 0 Å². The fraction of sp³-hybridized carbons (Fsp3) is 0.238. The molecule has 1 amide bonds. The molecule has 0 fully saturated rings. The van der Waals surface area contributed by atoms with Crippen LogP contribution in [0.5, 0.6) is 0 Å². The minimum absolute atomic E-state index is 0.0993. The summed E-state index contributed by atoms with van der Waals surface area (Å²) in [6.07, 6.45) is 0.645. The molecule has 2 heterocycles. The lowest BCUT2D eigenvalue weighted by Crippen LogP contribution is -2.31. The Labute approximate surface area is 175 Å². The van der Waals surface area contributed by atoms with Crippen LogP contribution < -0.4 is 5.43 Å². The molecule has 1 atom stereocenters. The Hall–Kier alpha value is -2.15. The van der Waals surface area contributed by atoms with Gasteiger partial charge in [0, 0.05) is 29.8 Å². The monoisotopic (exact) mass is 461 g/mol. The number of nitrogens with zero attached hydrogens (tertiary/aromatic N) is 1. The first-order valence-electron chi connectivity index (χ1n) is 8.83. The second-order valence-electron chi connectivity index (χ2n) is 6.62. The maximum absolute atomic E-state index is 13.3. The molecule has 4 rings (SSSR count). The minimum Gasteiger partial charge on any atom is -0.450 e. The zero-order chi connectivity index (χ0) is 19.8. The summed E-state index contributed by atoms with van der Waals surface area (Å²) in [6.45, 7) is 0.951. The predicted molar refractivity (Wildman–Crippen MR) is 111 cm³/mol. The van der Waals surface area contributed by atoms with Crippen LogP contribution in [-0.2, 0) is 4.74 Å². The van der Waals surface area contributed by atoms with E-state index in [4.69, 9.17) is 20.8 Å². The maximum atomic E-state index is 13.3. The van der Waals surface area contributed by atoms with Gasteiger partial charge in [0.15, 0.2) is 5.43 Å². The zero-order valence-electron chi connectivity index (χ0n) is 15.1. The molecule has 28 heavy (non-hydrogen) atoms. The van der Waals surface area contributed by atoms with Gasteiger partial charge in [-0.2, -0.15) is 0 Å². The van der Waals surface area contributed by atoms with Crippen LogP contribution in [0.15, 0.2) is 56.1 Å². The van der Waals surface area contributed by atoms with Gasteiger partial charge in [0.25, 0.3) is 5.91 Å². The van der Waals surface area contributed by atoms with Crippen molar-refractivity contribution in [3.8, 4) is 0 Å². The number of amides is 1. The first-order valence-corrected chi connectivity index (χ1v) is 10.00. The quantitative estimate of drug-likeness (QED) is 0.512. The molecule has 5 nitrogen and oxygen atoms in total. The van der Waals surface area contributed by atoms with Crippen LogP contribution in [0.2, 0.25) is 5.02 Å². The number of ether oxygens (including phenoxy) is 1. The van der Waals surface area contributed by atoms with E-state index in [9.17, 15) is 9.59 Å². The highest BCUT2D eigenvalue weighted by Crippen LogP contribution is 2.39. The third-order valence-corrected chi connectivity index (χ3v) is 5.57. The van der Waals surface area contributed by atoms with E-state index in [0.29, 0.717) is 41.1 Å². The van der Waals surface area contributed by atoms with E-state index in [2.05, 4.69) is 15.9 Å². The molecule has 0 N–H and O–H groups in total. The highest BCUT2D eigenvalue weighted by atomic mass is 79.9. The normalized spacial score (nSPS) is 16.0. The standard InChI is InChI=1S/C21H17BrClNO4/c1-27-9-3-8-24-18(12-4-2-5-14(23)10-12)17-19(25)15-11-13(22)6-7-16(15)28-20(17)21(24)26/h2,4-7,10-11,18H,3,8-9H2,1H3. The van der Waals surface area contributed by atoms with Crippen molar-refractivity contribution in [3.05, 3.63) is 79.1 Å². The molecule has 7 heteroatoms. The average Bonchev–Trinajstić information content (AvgIpc) is 2.95. The minimum atomic E-state index is -0.544. The van der Waals surface area contributed by atoms with Crippen molar-refractivity contribution in [1.29, 1.82) is 0 Å². The average molecular weight is 463 g/mol. The number of benzene rings is 2. The van der Waals surface area contributed by atoms with Gasteiger partial charge in [-0.25, -0.2) is 0 Å². The van der Waals surface area contributed by atoms with Crippen molar-refractivity contribution in [3.63, 3.8) is 0 Å². The summed E-state index contributed by atoms with van der Waals surface area (Å²) in [7, 11) is 1.62. The zero-order valence-corrected chi connectivity index (χ0v) is 17.4. The molecular formula is C21H17BrClNO4. The van der Waals surface area contributed by atoms with Gasteiger partial charge < -0.3 is 14.1 Å². The van der Waals surface area contributed by atoms with E-state index in [1.807, 2.05) is 12.1 Å². The van der Waals surface area contributed by atoms with Gasteiger partial charge in [-0.3, -0.25) is 9.59 Å². The summed E-state index contributed by atoms with van der Waals surface area (Å²) in [4.78, 5) is 28.1. The molecule has 0 spiro atoms. The van der Waals surface area contributed by atoms with Crippen molar-refractivity contribution in [2.45, 2.75) is 12.5 Å². The summed E-state index contributed by atoms with van der Waals surface area (Å²) in [5.74, 6) is -0.194. The van der Waals surface area contributed by atoms with Crippen LogP contribution in [0.1, 0.15) is 34.1 Å². The van der Waals surface area contributed by atoms with Crippen LogP contribution >= 0.6 is 27.5 Å². The smallest absolute Gasteiger partial charge is 0.290 e. The van der Waals surface area contributed by atoms with E-state index < -0.39 is 6.04 Å². The van der Waals surface area contributed by atoms with Crippen LogP contribution in [0.4, 0.5) is 0 Å². The number of rotatable bonds is 5. The maximum Gasteiger partial charge on any atom is 0.290 e. The third-order valence-electron chi connectivity index (χ3n) is 4.84. The predicted octanol–water partition coefficient (Wildman–Crippen LogP) is 4.79. The topological polar surface area (TPSA) is 59.8 Å². The second-order valence-corrected chi connectivity index (χ2v) is 7.97. The lowest BCUT2D eigenvalue weighted by Gasteiger charge is -2.25. The first-order chi connectivity index (χ1) is 13.5.